The number of allylic oxidation sites excluding steroid dienone is 2. The Labute approximate surface area is 133 Å². The van der Waals surface area contributed by atoms with Gasteiger partial charge in [0, 0.05) is 24.0 Å². The van der Waals surface area contributed by atoms with Gasteiger partial charge in [-0.3, -0.25) is 4.98 Å². The Bertz CT molecular complexity index is 919. The minimum Gasteiger partial charge on any atom is -0.396 e. The van der Waals surface area contributed by atoms with E-state index in [1.165, 1.54) is 42.8 Å². The summed E-state index contributed by atoms with van der Waals surface area (Å²) >= 11 is 0. The molecule has 0 amide bonds. The first-order chi connectivity index (χ1) is 11.3. The van der Waals surface area contributed by atoms with Gasteiger partial charge in [-0.2, -0.15) is 13.2 Å². The maximum Gasteiger partial charge on any atom is 0.737 e. The van der Waals surface area contributed by atoms with Crippen molar-refractivity contribution in [2.45, 2.75) is 6.18 Å². The Kier molecular flexibility index (Phi) is 2.88. The van der Waals surface area contributed by atoms with Crippen LogP contribution in [0.4, 0.5) is 21.8 Å². The zero-order valence-corrected chi connectivity index (χ0v) is 12.0. The van der Waals surface area contributed by atoms with Crippen molar-refractivity contribution >= 4 is 18.8 Å². The van der Waals surface area contributed by atoms with E-state index < -0.39 is 18.7 Å². The molecule has 0 fully saturated rings. The first-order valence-electron chi connectivity index (χ1n) is 7.08. The smallest absolute Gasteiger partial charge is 0.396 e. The Morgan fingerprint density at radius 2 is 1.92 bits per heavy atom. The molecule has 0 atom stereocenters. The minimum atomic E-state index is -4.50. The third kappa shape index (κ3) is 1.97. The lowest BCUT2D eigenvalue weighted by Crippen LogP contribution is -2.49. The van der Waals surface area contributed by atoms with Crippen LogP contribution in [0.5, 0.6) is 0 Å². The number of rotatable bonds is 1. The van der Waals surface area contributed by atoms with Crippen LogP contribution in [-0.4, -0.2) is 27.1 Å². The van der Waals surface area contributed by atoms with Crippen LogP contribution in [0.3, 0.4) is 0 Å². The second-order valence-corrected chi connectivity index (χ2v) is 5.49. The van der Waals surface area contributed by atoms with Gasteiger partial charge in [0.15, 0.2) is 5.70 Å². The van der Waals surface area contributed by atoms with Crippen molar-refractivity contribution in [3.8, 4) is 0 Å². The summed E-state index contributed by atoms with van der Waals surface area (Å²) < 4.78 is 68.9. The van der Waals surface area contributed by atoms with Crippen LogP contribution in [0.2, 0.25) is 0 Å². The van der Waals surface area contributed by atoms with E-state index >= 15 is 0 Å². The molecule has 0 saturated heterocycles. The first kappa shape index (κ1) is 14.9. The van der Waals surface area contributed by atoms with Gasteiger partial charge < -0.3 is 17.6 Å². The van der Waals surface area contributed by atoms with E-state index in [0.29, 0.717) is 11.8 Å². The lowest BCUT2D eigenvalue weighted by atomic mass is 9.88. The van der Waals surface area contributed by atoms with E-state index in [0.717, 1.165) is 15.0 Å². The molecule has 2 aliphatic rings. The number of nitrogens with zero attached hydrogens (tertiary/aromatic N) is 3. The molecule has 3 nitrogen and oxygen atoms in total. The molecule has 122 valence electrons. The van der Waals surface area contributed by atoms with Crippen LogP contribution in [0, 0.1) is 0 Å². The monoisotopic (exact) mass is 337 g/mol. The van der Waals surface area contributed by atoms with Crippen molar-refractivity contribution in [3.63, 3.8) is 0 Å². The largest absolute Gasteiger partial charge is 0.737 e. The van der Waals surface area contributed by atoms with E-state index in [4.69, 9.17) is 0 Å². The number of hydrogen-bond acceptors (Lipinski definition) is 1. The Morgan fingerprint density at radius 1 is 1.12 bits per heavy atom. The molecule has 0 aliphatic carbocycles. The molecule has 0 N–H and O–H groups in total. The summed E-state index contributed by atoms with van der Waals surface area (Å²) in [5.74, 6) is 0. The van der Waals surface area contributed by atoms with Crippen LogP contribution >= 0.6 is 0 Å². The predicted molar refractivity (Wildman–Crippen MR) is 78.5 cm³/mol. The number of aromatic nitrogens is 2. The number of halogens is 5. The van der Waals surface area contributed by atoms with Gasteiger partial charge in [-0.15, -0.1) is 0 Å². The highest BCUT2D eigenvalue weighted by Crippen LogP contribution is 2.38. The van der Waals surface area contributed by atoms with Crippen LogP contribution in [0.1, 0.15) is 17.0 Å². The average molecular weight is 337 g/mol. The van der Waals surface area contributed by atoms with Gasteiger partial charge in [-0.05, 0) is 30.5 Å². The van der Waals surface area contributed by atoms with E-state index in [9.17, 15) is 21.8 Å². The quantitative estimate of drug-likeness (QED) is 0.576. The van der Waals surface area contributed by atoms with Gasteiger partial charge in [0.25, 0.3) is 0 Å². The molecule has 4 heterocycles. The highest BCUT2D eigenvalue weighted by molar-refractivity contribution is 6.57. The second-order valence-electron chi connectivity index (χ2n) is 5.49. The van der Waals surface area contributed by atoms with E-state index in [2.05, 4.69) is 4.98 Å². The van der Waals surface area contributed by atoms with Gasteiger partial charge >= 0.3 is 13.1 Å². The molecular formula is C15H9BF5N3. The Hall–Kier alpha value is -2.71. The van der Waals surface area contributed by atoms with Crippen molar-refractivity contribution in [1.82, 2.24) is 9.46 Å². The fourth-order valence-electron chi connectivity index (χ4n) is 2.99. The molecule has 2 aliphatic heterocycles. The number of fused-ring (bicyclic) bond motifs is 2. The summed E-state index contributed by atoms with van der Waals surface area (Å²) in [6, 6.07) is 5.07. The van der Waals surface area contributed by atoms with Crippen LogP contribution in [-0.2, 0) is 6.18 Å². The lowest BCUT2D eigenvalue weighted by Gasteiger charge is -2.30. The average Bonchev–Trinajstić information content (AvgIpc) is 3.17. The summed E-state index contributed by atoms with van der Waals surface area (Å²) in [6.07, 6.45) is 1.69. The topological polar surface area (TPSA) is 20.8 Å². The molecule has 0 unspecified atom stereocenters. The molecular weight excluding hydrogens is 328 g/mol. The van der Waals surface area contributed by atoms with Crippen LogP contribution in [0.25, 0.3) is 5.57 Å². The third-order valence-corrected chi connectivity index (χ3v) is 4.09. The zero-order valence-electron chi connectivity index (χ0n) is 12.0. The van der Waals surface area contributed by atoms with Crippen molar-refractivity contribution in [2.24, 2.45) is 0 Å². The number of pyridine rings is 1. The zero-order chi connectivity index (χ0) is 17.1. The highest BCUT2D eigenvalue weighted by atomic mass is 19.4. The van der Waals surface area contributed by atoms with E-state index in [-0.39, 0.29) is 17.1 Å². The van der Waals surface area contributed by atoms with Gasteiger partial charge in [0.05, 0.1) is 16.8 Å². The summed E-state index contributed by atoms with van der Waals surface area (Å²) in [6.45, 7) is -4.04. The molecule has 24 heavy (non-hydrogen) atoms. The normalized spacial score (nSPS) is 18.5. The fourth-order valence-corrected chi connectivity index (χ4v) is 2.99. The Morgan fingerprint density at radius 3 is 2.58 bits per heavy atom. The lowest BCUT2D eigenvalue weighted by molar-refractivity contribution is -0.356. The molecule has 2 aromatic heterocycles. The molecule has 0 aromatic carbocycles. The highest BCUT2D eigenvalue weighted by Gasteiger charge is 2.51. The maximum atomic E-state index is 14.6. The summed E-state index contributed by atoms with van der Waals surface area (Å²) in [5.41, 5.74) is 0.126. The number of alkyl halides is 3. The Balaban J connectivity index is 1.92. The molecule has 0 spiro atoms. The van der Waals surface area contributed by atoms with Crippen molar-refractivity contribution in [1.29, 1.82) is 0 Å². The summed E-state index contributed by atoms with van der Waals surface area (Å²) in [7, 11) is 0. The predicted octanol–water partition coefficient (Wildman–Crippen LogP) is 3.55. The van der Waals surface area contributed by atoms with Crippen LogP contribution in [0.15, 0.2) is 54.5 Å². The molecule has 4 rings (SSSR count). The van der Waals surface area contributed by atoms with Crippen molar-refractivity contribution < 1.29 is 26.3 Å². The molecule has 2 aromatic rings. The third-order valence-electron chi connectivity index (χ3n) is 4.09. The SMILES string of the molecule is F[B-]1(F)n2cccc2C(c2ccc(C(F)(F)F)cn2)=C2C=CC=[N+]21. The second kappa shape index (κ2) is 4.65. The number of hydrogen-bond donors (Lipinski definition) is 0. The van der Waals surface area contributed by atoms with Gasteiger partial charge in [-0.1, -0.05) is 0 Å². The minimum absolute atomic E-state index is 0.203. The molecule has 0 radical (unpaired) electrons. The van der Waals surface area contributed by atoms with Crippen LogP contribution < -0.4 is 0 Å². The van der Waals surface area contributed by atoms with E-state index in [1.54, 1.807) is 0 Å². The molecule has 0 bridgehead atoms. The van der Waals surface area contributed by atoms with Gasteiger partial charge in [0.1, 0.15) is 6.21 Å². The van der Waals surface area contributed by atoms with Gasteiger partial charge in [-0.25, -0.2) is 0 Å². The first-order valence-corrected chi connectivity index (χ1v) is 7.08. The molecule has 9 heteroatoms. The van der Waals surface area contributed by atoms with Crippen molar-refractivity contribution in [2.75, 3.05) is 0 Å². The summed E-state index contributed by atoms with van der Waals surface area (Å²) in [5, 5.41) is 0. The van der Waals surface area contributed by atoms with Crippen molar-refractivity contribution in [3.05, 3.63) is 71.5 Å². The maximum absolute atomic E-state index is 14.6. The van der Waals surface area contributed by atoms with E-state index in [1.807, 2.05) is 0 Å². The summed E-state index contributed by atoms with van der Waals surface area (Å²) in [4.78, 5) is 3.85. The standard InChI is InChI=1S/C15H9BF5N3/c17-15(18,19)10-5-6-11(22-9-10)14-12-3-1-7-23(12)16(20,21)24-8-2-4-13(14)24/h1-9H. The van der Waals surface area contributed by atoms with Gasteiger partial charge in [0.2, 0.25) is 0 Å². The molecule has 0 saturated carbocycles. The fraction of sp³-hybridized carbons (Fsp3) is 0.0667.